The monoisotopic (exact) mass is 421 g/mol. The summed E-state index contributed by atoms with van der Waals surface area (Å²) in [5.41, 5.74) is 2.39. The second-order valence-corrected chi connectivity index (χ2v) is 9.40. The Labute approximate surface area is 183 Å². The molecule has 0 unspecified atom stereocenters. The van der Waals surface area contributed by atoms with Gasteiger partial charge >= 0.3 is 11.7 Å². The number of rotatable bonds is 7. The number of aromatic carboxylic acids is 1. The van der Waals surface area contributed by atoms with Crippen molar-refractivity contribution in [2.75, 3.05) is 0 Å². The molecule has 31 heavy (non-hydrogen) atoms. The number of aryl methyl sites for hydroxylation is 1. The Morgan fingerprint density at radius 1 is 1.06 bits per heavy atom. The van der Waals surface area contributed by atoms with Crippen LogP contribution in [0.2, 0.25) is 0 Å². The molecule has 1 heterocycles. The standard InChI is InChI=1S/C25H31N3O3/c1-17(2)14-15-28-24(31)27(23(26-28)25(3,4)5)16-18-10-12-19(13-11-18)20-8-6-7-9-21(20)22(29)30/h6-13,17H,14-16H2,1-5H3,(H,29,30). The quantitative estimate of drug-likeness (QED) is 0.594. The smallest absolute Gasteiger partial charge is 0.346 e. The Kier molecular flexibility index (Phi) is 6.48. The molecule has 0 bridgehead atoms. The van der Waals surface area contributed by atoms with Crippen molar-refractivity contribution in [1.29, 1.82) is 0 Å². The molecular formula is C25H31N3O3. The third kappa shape index (κ3) is 5.13. The summed E-state index contributed by atoms with van der Waals surface area (Å²) < 4.78 is 3.33. The highest BCUT2D eigenvalue weighted by molar-refractivity contribution is 5.95. The Morgan fingerprint density at radius 3 is 2.29 bits per heavy atom. The molecule has 1 N–H and O–H groups in total. The molecule has 164 valence electrons. The predicted molar refractivity (Wildman–Crippen MR) is 123 cm³/mol. The van der Waals surface area contributed by atoms with E-state index in [0.717, 1.165) is 23.4 Å². The van der Waals surface area contributed by atoms with Gasteiger partial charge in [-0.05, 0) is 35.1 Å². The number of carbonyl (C=O) groups is 1. The second-order valence-electron chi connectivity index (χ2n) is 9.40. The summed E-state index contributed by atoms with van der Waals surface area (Å²) in [5, 5.41) is 14.1. The van der Waals surface area contributed by atoms with E-state index in [1.807, 2.05) is 30.3 Å². The van der Waals surface area contributed by atoms with Crippen LogP contribution in [0.5, 0.6) is 0 Å². The minimum absolute atomic E-state index is 0.0918. The summed E-state index contributed by atoms with van der Waals surface area (Å²) in [6, 6.07) is 14.7. The van der Waals surface area contributed by atoms with Crippen LogP contribution in [-0.2, 0) is 18.5 Å². The number of benzene rings is 2. The zero-order chi connectivity index (χ0) is 22.8. The van der Waals surface area contributed by atoms with Crippen molar-refractivity contribution in [2.45, 2.75) is 59.5 Å². The van der Waals surface area contributed by atoms with E-state index >= 15 is 0 Å². The molecular weight excluding hydrogens is 390 g/mol. The van der Waals surface area contributed by atoms with Crippen LogP contribution in [0.3, 0.4) is 0 Å². The van der Waals surface area contributed by atoms with Gasteiger partial charge in [-0.25, -0.2) is 14.3 Å². The van der Waals surface area contributed by atoms with Crippen molar-refractivity contribution in [3.63, 3.8) is 0 Å². The molecule has 0 amide bonds. The van der Waals surface area contributed by atoms with Crippen LogP contribution in [0, 0.1) is 5.92 Å². The van der Waals surface area contributed by atoms with Gasteiger partial charge in [0.15, 0.2) is 0 Å². The van der Waals surface area contributed by atoms with Crippen molar-refractivity contribution < 1.29 is 9.90 Å². The summed E-state index contributed by atoms with van der Waals surface area (Å²) >= 11 is 0. The Hall–Kier alpha value is -3.15. The summed E-state index contributed by atoms with van der Waals surface area (Å²) in [6.07, 6.45) is 0.901. The molecule has 3 aromatic rings. The molecule has 1 aromatic heterocycles. The first-order chi connectivity index (χ1) is 14.6. The molecule has 3 rings (SSSR count). The molecule has 0 spiro atoms. The van der Waals surface area contributed by atoms with Crippen LogP contribution in [-0.4, -0.2) is 25.4 Å². The molecule has 0 saturated carbocycles. The Balaban J connectivity index is 1.93. The van der Waals surface area contributed by atoms with E-state index in [2.05, 4.69) is 39.7 Å². The van der Waals surface area contributed by atoms with Gasteiger partial charge in [0.2, 0.25) is 0 Å². The fourth-order valence-electron chi connectivity index (χ4n) is 3.56. The third-order valence-electron chi connectivity index (χ3n) is 5.27. The highest BCUT2D eigenvalue weighted by Crippen LogP contribution is 2.25. The van der Waals surface area contributed by atoms with E-state index in [1.54, 1.807) is 27.4 Å². The lowest BCUT2D eigenvalue weighted by molar-refractivity contribution is 0.0697. The summed E-state index contributed by atoms with van der Waals surface area (Å²) in [4.78, 5) is 24.6. The minimum Gasteiger partial charge on any atom is -0.478 e. The maximum atomic E-state index is 13.1. The van der Waals surface area contributed by atoms with Gasteiger partial charge in [0.05, 0.1) is 12.1 Å². The lowest BCUT2D eigenvalue weighted by atomic mass is 9.95. The van der Waals surface area contributed by atoms with Gasteiger partial charge in [0.1, 0.15) is 5.82 Å². The fraction of sp³-hybridized carbons (Fsp3) is 0.400. The molecule has 0 aliphatic heterocycles. The summed E-state index contributed by atoms with van der Waals surface area (Å²) in [7, 11) is 0. The van der Waals surface area contributed by atoms with Crippen LogP contribution >= 0.6 is 0 Å². The molecule has 0 fully saturated rings. The van der Waals surface area contributed by atoms with E-state index in [4.69, 9.17) is 0 Å². The number of hydrogen-bond donors (Lipinski definition) is 1. The first-order valence-electron chi connectivity index (χ1n) is 10.7. The van der Waals surface area contributed by atoms with Gasteiger partial charge in [-0.1, -0.05) is 77.1 Å². The number of hydrogen-bond acceptors (Lipinski definition) is 3. The molecule has 0 saturated heterocycles. The summed E-state index contributed by atoms with van der Waals surface area (Å²) in [5.74, 6) is 0.313. The molecule has 0 aliphatic carbocycles. The number of carboxylic acid groups (broad SMARTS) is 1. The van der Waals surface area contributed by atoms with Crippen LogP contribution in [0.15, 0.2) is 53.3 Å². The van der Waals surface area contributed by atoms with E-state index in [-0.39, 0.29) is 16.7 Å². The zero-order valence-electron chi connectivity index (χ0n) is 18.9. The summed E-state index contributed by atoms with van der Waals surface area (Å²) in [6.45, 7) is 11.5. The highest BCUT2D eigenvalue weighted by Gasteiger charge is 2.25. The van der Waals surface area contributed by atoms with Crippen LogP contribution in [0.1, 0.15) is 62.8 Å². The maximum absolute atomic E-state index is 13.1. The van der Waals surface area contributed by atoms with E-state index in [1.165, 1.54) is 0 Å². The van der Waals surface area contributed by atoms with Crippen LogP contribution in [0.4, 0.5) is 0 Å². The number of carboxylic acids is 1. The third-order valence-corrected chi connectivity index (χ3v) is 5.27. The lowest BCUT2D eigenvalue weighted by Gasteiger charge is -2.18. The minimum atomic E-state index is -0.949. The maximum Gasteiger partial charge on any atom is 0.346 e. The van der Waals surface area contributed by atoms with Gasteiger partial charge in [0.25, 0.3) is 0 Å². The fourth-order valence-corrected chi connectivity index (χ4v) is 3.56. The molecule has 0 aliphatic rings. The van der Waals surface area contributed by atoms with Crippen LogP contribution in [0.25, 0.3) is 11.1 Å². The zero-order valence-corrected chi connectivity index (χ0v) is 18.9. The number of aromatic nitrogens is 3. The van der Waals surface area contributed by atoms with Gasteiger partial charge in [0, 0.05) is 12.0 Å². The average Bonchev–Trinajstić information content (AvgIpc) is 3.03. The molecule has 6 heteroatoms. The van der Waals surface area contributed by atoms with Gasteiger partial charge in [-0.15, -0.1) is 0 Å². The van der Waals surface area contributed by atoms with E-state index < -0.39 is 5.97 Å². The van der Waals surface area contributed by atoms with Gasteiger partial charge < -0.3 is 5.11 Å². The first-order valence-corrected chi connectivity index (χ1v) is 10.7. The molecule has 6 nitrogen and oxygen atoms in total. The Morgan fingerprint density at radius 2 is 1.71 bits per heavy atom. The van der Waals surface area contributed by atoms with Gasteiger partial charge in [-0.3, -0.25) is 4.57 Å². The average molecular weight is 422 g/mol. The molecule has 0 atom stereocenters. The van der Waals surface area contributed by atoms with Crippen molar-refractivity contribution in [1.82, 2.24) is 14.3 Å². The topological polar surface area (TPSA) is 77.1 Å². The van der Waals surface area contributed by atoms with E-state index in [9.17, 15) is 14.7 Å². The predicted octanol–water partition coefficient (Wildman–Crippen LogP) is 4.80. The molecule has 0 radical (unpaired) electrons. The van der Waals surface area contributed by atoms with Crippen molar-refractivity contribution in [2.24, 2.45) is 5.92 Å². The van der Waals surface area contributed by atoms with E-state index in [0.29, 0.717) is 24.6 Å². The largest absolute Gasteiger partial charge is 0.478 e. The SMILES string of the molecule is CC(C)CCn1nc(C(C)(C)C)n(Cc2ccc(-c3ccccc3C(=O)O)cc2)c1=O. The lowest BCUT2D eigenvalue weighted by Crippen LogP contribution is -2.28. The Bertz CT molecular complexity index is 1120. The van der Waals surface area contributed by atoms with Gasteiger partial charge in [-0.2, -0.15) is 5.10 Å². The van der Waals surface area contributed by atoms with Crippen molar-refractivity contribution >= 4 is 5.97 Å². The highest BCUT2D eigenvalue weighted by atomic mass is 16.4. The normalized spacial score (nSPS) is 11.8. The van der Waals surface area contributed by atoms with Crippen molar-refractivity contribution in [3.05, 3.63) is 76.0 Å². The number of nitrogens with zero attached hydrogens (tertiary/aromatic N) is 3. The first kappa shape index (κ1) is 22.5. The second kappa shape index (κ2) is 8.92. The van der Waals surface area contributed by atoms with Crippen molar-refractivity contribution in [3.8, 4) is 11.1 Å². The van der Waals surface area contributed by atoms with Crippen LogP contribution < -0.4 is 5.69 Å². The molecule has 2 aromatic carbocycles.